The number of carbonyl (C=O) groups excluding carboxylic acids is 5. The molecule has 1 aromatic rings. The number of esters is 5. The van der Waals surface area contributed by atoms with Crippen LogP contribution < -0.4 is 4.74 Å². The van der Waals surface area contributed by atoms with E-state index in [1.165, 1.54) is 38.2 Å². The molecule has 0 heterocycles. The fourth-order valence-electron chi connectivity index (χ4n) is 5.06. The largest absolute Gasteiger partial charge is 0.462 e. The van der Waals surface area contributed by atoms with Crippen LogP contribution in [0.2, 0.25) is 0 Å². The van der Waals surface area contributed by atoms with Crippen molar-refractivity contribution in [3.8, 4) is 5.75 Å². The predicted molar refractivity (Wildman–Crippen MR) is 246 cm³/mol. The molecule has 1 saturated carbocycles. The van der Waals surface area contributed by atoms with Crippen molar-refractivity contribution in [1.29, 1.82) is 0 Å². The number of hydrogen-bond acceptors (Lipinski definition) is 10. The van der Waals surface area contributed by atoms with Crippen molar-refractivity contribution in [2.45, 2.75) is 170 Å². The Kier molecular flexibility index (Phi) is 31.2. The van der Waals surface area contributed by atoms with Crippen LogP contribution in [0.1, 0.15) is 140 Å². The molecule has 69 heavy (non-hydrogen) atoms. The van der Waals surface area contributed by atoms with Crippen molar-refractivity contribution in [1.82, 2.24) is 0 Å². The van der Waals surface area contributed by atoms with Gasteiger partial charge in [0, 0.05) is 27.9 Å². The monoisotopic (exact) mass is 1000 g/mol. The van der Waals surface area contributed by atoms with E-state index in [0.717, 1.165) is 39.0 Å². The summed E-state index contributed by atoms with van der Waals surface area (Å²) in [5, 5.41) is 0. The summed E-state index contributed by atoms with van der Waals surface area (Å²) in [5.74, 6) is -2.58. The zero-order chi connectivity index (χ0) is 54.7. The van der Waals surface area contributed by atoms with Gasteiger partial charge in [0.05, 0.1) is 6.61 Å². The maximum Gasteiger partial charge on any atom is 0.434 e. The van der Waals surface area contributed by atoms with Crippen LogP contribution in [0.3, 0.4) is 0 Å². The molecule has 0 bridgehead atoms. The van der Waals surface area contributed by atoms with Gasteiger partial charge in [0.25, 0.3) is 6.10 Å². The Morgan fingerprint density at radius 2 is 1.04 bits per heavy atom. The zero-order valence-corrected chi connectivity index (χ0v) is 41.8. The van der Waals surface area contributed by atoms with Gasteiger partial charge >= 0.3 is 48.4 Å². The highest BCUT2D eigenvalue weighted by Crippen LogP contribution is 2.37. The lowest BCUT2D eigenvalue weighted by molar-refractivity contribution is -0.312. The van der Waals surface area contributed by atoms with E-state index in [0.29, 0.717) is 35.0 Å². The third kappa shape index (κ3) is 32.2. The van der Waals surface area contributed by atoms with Gasteiger partial charge in [-0.25, -0.2) is 24.0 Å². The maximum absolute atomic E-state index is 11.8. The van der Waals surface area contributed by atoms with Gasteiger partial charge in [0.2, 0.25) is 0 Å². The molecule has 0 N–H and O–H groups in total. The second-order valence-electron chi connectivity index (χ2n) is 17.3. The van der Waals surface area contributed by atoms with E-state index in [4.69, 9.17) is 14.2 Å². The van der Waals surface area contributed by atoms with Crippen molar-refractivity contribution in [2.24, 2.45) is 5.92 Å². The molecule has 19 heteroatoms. The van der Waals surface area contributed by atoms with E-state index < -0.39 is 48.8 Å². The summed E-state index contributed by atoms with van der Waals surface area (Å²) >= 11 is 0. The Balaban J connectivity index is -0.000000793. The third-order valence-electron chi connectivity index (χ3n) is 9.32. The maximum atomic E-state index is 11.8. The average Bonchev–Trinajstić information content (AvgIpc) is 3.70. The molecule has 0 radical (unpaired) electrons. The van der Waals surface area contributed by atoms with Gasteiger partial charge in [0.1, 0.15) is 11.4 Å². The van der Waals surface area contributed by atoms with E-state index in [1.54, 1.807) is 32.9 Å². The summed E-state index contributed by atoms with van der Waals surface area (Å²) in [5.41, 5.74) is 1.94. The minimum Gasteiger partial charge on any atom is -0.462 e. The lowest BCUT2D eigenvalue weighted by atomic mass is 9.87. The number of unbranched alkanes of at least 4 members (excludes halogenated alkanes) is 1. The van der Waals surface area contributed by atoms with Crippen molar-refractivity contribution < 1.29 is 87.2 Å². The van der Waals surface area contributed by atoms with E-state index in [-0.39, 0.29) is 34.5 Å². The predicted octanol–water partition coefficient (Wildman–Crippen LogP) is 13.9. The number of carbonyl (C=O) groups is 5. The summed E-state index contributed by atoms with van der Waals surface area (Å²) < 4.78 is 128. The SMILES string of the molecule is C=C(C)C(=O)OC(C(F)(F)F)C(F)(F)F.C=C(C)C(=O)OC1(CC)CCCC1.C=C(C)C(=O)OCC(CC)CCCC.C=C(C)C(=O)OCC(F)(F)F.C=C(C)C(=O)Oc1ccc(C(C)(C)C)cc1. The lowest BCUT2D eigenvalue weighted by Gasteiger charge is -2.27. The number of alkyl halides is 9. The highest BCUT2D eigenvalue weighted by molar-refractivity contribution is 5.89. The molecule has 1 unspecified atom stereocenters. The van der Waals surface area contributed by atoms with Crippen LogP contribution >= 0.6 is 0 Å². The van der Waals surface area contributed by atoms with Gasteiger partial charge in [-0.3, -0.25) is 0 Å². The Bertz CT molecular complexity index is 1830. The van der Waals surface area contributed by atoms with Crippen LogP contribution in [0, 0.1) is 5.92 Å². The summed E-state index contributed by atoms with van der Waals surface area (Å²) in [6, 6.07) is 7.56. The molecule has 2 rings (SSSR count). The molecule has 0 spiro atoms. The first-order valence-electron chi connectivity index (χ1n) is 21.9. The number of rotatable bonds is 16. The van der Waals surface area contributed by atoms with E-state index >= 15 is 0 Å². The fourth-order valence-corrected chi connectivity index (χ4v) is 5.06. The van der Waals surface area contributed by atoms with Crippen LogP contribution in [-0.4, -0.2) is 73.3 Å². The Hall–Kier alpha value is -5.36. The molecule has 0 amide bonds. The summed E-state index contributed by atoms with van der Waals surface area (Å²) in [4.78, 5) is 54.6. The number of benzene rings is 1. The first kappa shape index (κ1) is 67.9. The Labute approximate surface area is 401 Å². The standard InChI is InChI=1S/C14H18O2.C12H22O2.C11H18O2.C7H6F6O2.C6H7F3O2/c1-10(2)13(15)16-12-8-6-11(7-9-12)14(3,4)5;1-5-7-8-11(6-2)9-14-12(13)10(3)4;1-4-11(7-5-6-8-11)13-10(12)9(2)3;1-3(2)4(14)15-5(6(8,9)10)7(11,12)13;1-4(2)5(10)11-3-6(7,8)9/h6-9H,1H2,2-5H3;11H,3,5-9H2,1-2,4H3;2,4-8H2,1,3H3;5H,1H2,2H3;1,3H2,2H3. The van der Waals surface area contributed by atoms with E-state index in [9.17, 15) is 63.5 Å². The van der Waals surface area contributed by atoms with E-state index in [2.05, 4.69) is 83.9 Å². The minimum atomic E-state index is -5.69. The van der Waals surface area contributed by atoms with Crippen LogP contribution in [0.15, 0.2) is 85.0 Å². The normalized spacial score (nSPS) is 13.3. The first-order valence-corrected chi connectivity index (χ1v) is 21.9. The molecule has 394 valence electrons. The summed E-state index contributed by atoms with van der Waals surface area (Å²) in [6.07, 6.45) is -10.0. The molecule has 1 aliphatic rings. The molecule has 1 aliphatic carbocycles. The van der Waals surface area contributed by atoms with Crippen molar-refractivity contribution in [3.05, 3.63) is 90.6 Å². The van der Waals surface area contributed by atoms with Crippen molar-refractivity contribution in [2.75, 3.05) is 13.2 Å². The molecule has 0 saturated heterocycles. The average molecular weight is 1000 g/mol. The molecule has 0 aliphatic heterocycles. The second kappa shape index (κ2) is 31.7. The molecule has 0 aromatic heterocycles. The van der Waals surface area contributed by atoms with Gasteiger partial charge in [-0.1, -0.05) is 106 Å². The van der Waals surface area contributed by atoms with Gasteiger partial charge in [-0.05, 0) is 102 Å². The minimum absolute atomic E-state index is 0.0470. The topological polar surface area (TPSA) is 132 Å². The van der Waals surface area contributed by atoms with Crippen LogP contribution in [-0.2, 0) is 48.3 Å². The van der Waals surface area contributed by atoms with Crippen molar-refractivity contribution >= 4 is 29.8 Å². The first-order chi connectivity index (χ1) is 31.3. The van der Waals surface area contributed by atoms with Gasteiger partial charge in [-0.2, -0.15) is 39.5 Å². The molecule has 10 nitrogen and oxygen atoms in total. The summed E-state index contributed by atoms with van der Waals surface area (Å²) in [7, 11) is 0. The van der Waals surface area contributed by atoms with Crippen LogP contribution in [0.25, 0.3) is 0 Å². The quantitative estimate of drug-likeness (QED) is 0.0518. The smallest absolute Gasteiger partial charge is 0.434 e. The van der Waals surface area contributed by atoms with Crippen molar-refractivity contribution in [3.63, 3.8) is 0 Å². The van der Waals surface area contributed by atoms with Crippen LogP contribution in [0.5, 0.6) is 5.75 Å². The molecule has 1 aromatic carbocycles. The fraction of sp³-hybridized carbons (Fsp3) is 0.580. The third-order valence-corrected chi connectivity index (χ3v) is 9.32. The number of halogens is 9. The van der Waals surface area contributed by atoms with E-state index in [1.807, 2.05) is 12.1 Å². The zero-order valence-electron chi connectivity index (χ0n) is 41.8. The lowest BCUT2D eigenvalue weighted by Crippen LogP contribution is -2.45. The molecular formula is C50H71F9O10. The van der Waals surface area contributed by atoms with Gasteiger partial charge in [0.15, 0.2) is 6.61 Å². The highest BCUT2D eigenvalue weighted by atomic mass is 19.4. The number of ether oxygens (including phenoxy) is 5. The van der Waals surface area contributed by atoms with Crippen LogP contribution in [0.4, 0.5) is 39.5 Å². The second-order valence-corrected chi connectivity index (χ2v) is 17.3. The molecular weight excluding hydrogens is 932 g/mol. The van der Waals surface area contributed by atoms with Gasteiger partial charge in [-0.15, -0.1) is 0 Å². The Morgan fingerprint density at radius 3 is 1.38 bits per heavy atom. The highest BCUT2D eigenvalue weighted by Gasteiger charge is 2.60. The number of hydrogen-bond donors (Lipinski definition) is 0. The van der Waals surface area contributed by atoms with Gasteiger partial charge < -0.3 is 23.7 Å². The molecule has 1 atom stereocenters. The Morgan fingerprint density at radius 1 is 0.623 bits per heavy atom. The molecule has 1 fully saturated rings. The summed E-state index contributed by atoms with van der Waals surface area (Å²) in [6.45, 7) is 35.7.